The van der Waals surface area contributed by atoms with E-state index in [0.717, 1.165) is 29.7 Å². The number of ether oxygens (including phenoxy) is 1. The summed E-state index contributed by atoms with van der Waals surface area (Å²) in [6.45, 7) is 11.3. The van der Waals surface area contributed by atoms with Crippen LogP contribution in [0.4, 0.5) is 5.69 Å². The minimum atomic E-state index is -0.543. The highest BCUT2D eigenvalue weighted by atomic mass is 16.6. The van der Waals surface area contributed by atoms with Gasteiger partial charge >= 0.3 is 5.97 Å². The Morgan fingerprint density at radius 1 is 1.19 bits per heavy atom. The lowest BCUT2D eigenvalue weighted by Gasteiger charge is -2.40. The molecule has 0 amide bonds. The molecule has 0 bridgehead atoms. The van der Waals surface area contributed by atoms with Gasteiger partial charge in [-0.2, -0.15) is 0 Å². The van der Waals surface area contributed by atoms with Crippen molar-refractivity contribution in [1.82, 2.24) is 4.98 Å². The molecule has 5 heteroatoms. The number of aromatic nitrogens is 1. The Balaban J connectivity index is 1.97. The number of carbonyl (C=O) groups is 1. The number of hydrogen-bond acceptors (Lipinski definition) is 5. The van der Waals surface area contributed by atoms with Gasteiger partial charge in [0.05, 0.1) is 17.2 Å². The van der Waals surface area contributed by atoms with E-state index in [1.807, 2.05) is 39.0 Å². The predicted octanol–water partition coefficient (Wildman–Crippen LogP) is 3.64. The van der Waals surface area contributed by atoms with Crippen molar-refractivity contribution in [1.29, 1.82) is 0 Å². The van der Waals surface area contributed by atoms with Gasteiger partial charge in [0.15, 0.2) is 0 Å². The second-order valence-electron chi connectivity index (χ2n) is 8.41. The number of pyridine rings is 1. The minimum absolute atomic E-state index is 0.202. The van der Waals surface area contributed by atoms with Crippen LogP contribution in [-0.2, 0) is 4.74 Å². The number of esters is 1. The molecule has 0 saturated carbocycles. The zero-order valence-corrected chi connectivity index (χ0v) is 16.2. The maximum atomic E-state index is 12.6. The Kier molecular flexibility index (Phi) is 4.93. The molecule has 1 aliphatic heterocycles. The summed E-state index contributed by atoms with van der Waals surface area (Å²) in [5, 5.41) is 11.0. The maximum absolute atomic E-state index is 12.6. The molecule has 0 aliphatic carbocycles. The summed E-state index contributed by atoms with van der Waals surface area (Å²) in [5.74, 6) is 0.0696. The first-order valence-corrected chi connectivity index (χ1v) is 9.21. The highest BCUT2D eigenvalue weighted by Crippen LogP contribution is 2.30. The lowest BCUT2D eigenvalue weighted by atomic mass is 9.88. The summed E-state index contributed by atoms with van der Waals surface area (Å²) >= 11 is 0. The molecule has 3 rings (SSSR count). The van der Waals surface area contributed by atoms with Crippen LogP contribution in [0.2, 0.25) is 0 Å². The van der Waals surface area contributed by atoms with Gasteiger partial charge in [-0.15, -0.1) is 0 Å². The van der Waals surface area contributed by atoms with Crippen LogP contribution >= 0.6 is 0 Å². The van der Waals surface area contributed by atoms with Crippen molar-refractivity contribution in [2.75, 3.05) is 18.0 Å². The lowest BCUT2D eigenvalue weighted by molar-refractivity contribution is 0.00717. The minimum Gasteiger partial charge on any atom is -0.456 e. The SMILES string of the molecule is CC1CN(c2ccc3nccc(C(=O)OC(C)(C)C)c3c2)CC(C)C1O. The number of carbonyl (C=O) groups excluding carboxylic acids is 1. The average Bonchev–Trinajstić information content (AvgIpc) is 2.56. The molecule has 140 valence electrons. The third-order valence-electron chi connectivity index (χ3n) is 4.89. The van der Waals surface area contributed by atoms with Crippen LogP contribution in [0.15, 0.2) is 30.5 Å². The van der Waals surface area contributed by atoms with Gasteiger partial charge < -0.3 is 14.7 Å². The molecule has 2 aromatic rings. The largest absolute Gasteiger partial charge is 0.456 e. The molecule has 0 spiro atoms. The van der Waals surface area contributed by atoms with Crippen molar-refractivity contribution in [3.05, 3.63) is 36.0 Å². The maximum Gasteiger partial charge on any atom is 0.339 e. The molecule has 0 radical (unpaired) electrons. The quantitative estimate of drug-likeness (QED) is 0.832. The zero-order valence-electron chi connectivity index (χ0n) is 16.2. The molecular weight excluding hydrogens is 328 g/mol. The molecule has 2 atom stereocenters. The van der Waals surface area contributed by atoms with E-state index in [2.05, 4.69) is 23.7 Å². The summed E-state index contributed by atoms with van der Waals surface area (Å²) in [6, 6.07) is 7.70. The Hall–Kier alpha value is -2.14. The number of rotatable bonds is 2. The van der Waals surface area contributed by atoms with E-state index in [1.54, 1.807) is 12.3 Å². The summed E-state index contributed by atoms with van der Waals surface area (Å²) in [4.78, 5) is 19.3. The van der Waals surface area contributed by atoms with Gasteiger partial charge in [-0.25, -0.2) is 4.79 Å². The van der Waals surface area contributed by atoms with E-state index in [-0.39, 0.29) is 23.9 Å². The lowest BCUT2D eigenvalue weighted by Crippen LogP contribution is -2.47. The predicted molar refractivity (Wildman–Crippen MR) is 103 cm³/mol. The van der Waals surface area contributed by atoms with Crippen LogP contribution in [0.1, 0.15) is 45.0 Å². The first-order chi connectivity index (χ1) is 12.2. The van der Waals surface area contributed by atoms with Crippen LogP contribution in [0.3, 0.4) is 0 Å². The van der Waals surface area contributed by atoms with Crippen molar-refractivity contribution in [3.63, 3.8) is 0 Å². The number of aliphatic hydroxyl groups is 1. The molecule has 2 unspecified atom stereocenters. The molecule has 2 heterocycles. The molecule has 5 nitrogen and oxygen atoms in total. The van der Waals surface area contributed by atoms with Crippen molar-refractivity contribution in [3.8, 4) is 0 Å². The fourth-order valence-electron chi connectivity index (χ4n) is 3.60. The molecule has 1 aromatic heterocycles. The molecule has 1 saturated heterocycles. The van der Waals surface area contributed by atoms with Gasteiger partial charge in [0.2, 0.25) is 0 Å². The summed E-state index contributed by atoms with van der Waals surface area (Å²) in [7, 11) is 0. The number of fused-ring (bicyclic) bond motifs is 1. The van der Waals surface area contributed by atoms with Gasteiger partial charge in [0.1, 0.15) is 5.60 Å². The summed E-state index contributed by atoms with van der Waals surface area (Å²) in [6.07, 6.45) is 1.37. The molecule has 1 aromatic carbocycles. The highest BCUT2D eigenvalue weighted by molar-refractivity contribution is 6.04. The number of nitrogens with zero attached hydrogens (tertiary/aromatic N) is 2. The number of anilines is 1. The number of piperidine rings is 1. The van der Waals surface area contributed by atoms with Crippen LogP contribution in [-0.4, -0.2) is 40.9 Å². The second kappa shape index (κ2) is 6.88. The third-order valence-corrected chi connectivity index (χ3v) is 4.89. The van der Waals surface area contributed by atoms with Crippen molar-refractivity contribution < 1.29 is 14.6 Å². The van der Waals surface area contributed by atoms with E-state index in [9.17, 15) is 9.90 Å². The second-order valence-corrected chi connectivity index (χ2v) is 8.41. The molecular formula is C21H28N2O3. The monoisotopic (exact) mass is 356 g/mol. The Morgan fingerprint density at radius 2 is 1.85 bits per heavy atom. The molecule has 1 N–H and O–H groups in total. The number of aliphatic hydroxyl groups excluding tert-OH is 1. The van der Waals surface area contributed by atoms with Crippen LogP contribution < -0.4 is 4.90 Å². The molecule has 1 fully saturated rings. The van der Waals surface area contributed by atoms with E-state index in [4.69, 9.17) is 4.74 Å². The van der Waals surface area contributed by atoms with Crippen LogP contribution in [0.25, 0.3) is 10.9 Å². The van der Waals surface area contributed by atoms with Crippen LogP contribution in [0.5, 0.6) is 0 Å². The van der Waals surface area contributed by atoms with Gasteiger partial charge in [0.25, 0.3) is 0 Å². The Labute approximate surface area is 155 Å². The molecule has 26 heavy (non-hydrogen) atoms. The Morgan fingerprint density at radius 3 is 2.46 bits per heavy atom. The van der Waals surface area contributed by atoms with Gasteiger partial charge in [-0.3, -0.25) is 4.98 Å². The van der Waals surface area contributed by atoms with Crippen molar-refractivity contribution >= 4 is 22.6 Å². The van der Waals surface area contributed by atoms with Gasteiger partial charge in [-0.05, 0) is 56.9 Å². The molecule has 1 aliphatic rings. The Bertz CT molecular complexity index is 800. The summed E-state index contributed by atoms with van der Waals surface area (Å²) in [5.41, 5.74) is 1.80. The van der Waals surface area contributed by atoms with Gasteiger partial charge in [-0.1, -0.05) is 13.8 Å². The highest BCUT2D eigenvalue weighted by Gasteiger charge is 2.30. The first-order valence-electron chi connectivity index (χ1n) is 9.21. The van der Waals surface area contributed by atoms with E-state index in [0.29, 0.717) is 5.56 Å². The fraction of sp³-hybridized carbons (Fsp3) is 0.524. The average molecular weight is 356 g/mol. The standard InChI is InChI=1S/C21H28N2O3/c1-13-11-23(12-14(2)19(13)24)15-6-7-18-17(10-15)16(8-9-22-18)20(25)26-21(3,4)5/h6-10,13-14,19,24H,11-12H2,1-5H3. The van der Waals surface area contributed by atoms with E-state index < -0.39 is 5.60 Å². The normalized spacial score (nSPS) is 23.9. The fourth-order valence-corrected chi connectivity index (χ4v) is 3.60. The van der Waals surface area contributed by atoms with Gasteiger partial charge in [0, 0.05) is 30.4 Å². The van der Waals surface area contributed by atoms with Crippen LogP contribution in [0, 0.1) is 11.8 Å². The zero-order chi connectivity index (χ0) is 19.1. The van der Waals surface area contributed by atoms with Crippen molar-refractivity contribution in [2.45, 2.75) is 46.3 Å². The van der Waals surface area contributed by atoms with E-state index >= 15 is 0 Å². The third kappa shape index (κ3) is 3.83. The van der Waals surface area contributed by atoms with E-state index in [1.165, 1.54) is 0 Å². The smallest absolute Gasteiger partial charge is 0.339 e. The number of hydrogen-bond donors (Lipinski definition) is 1. The summed E-state index contributed by atoms with van der Waals surface area (Å²) < 4.78 is 5.55. The number of benzene rings is 1. The first kappa shape index (κ1) is 18.6. The topological polar surface area (TPSA) is 62.7 Å². The van der Waals surface area contributed by atoms with Crippen molar-refractivity contribution in [2.24, 2.45) is 11.8 Å².